The van der Waals surface area contributed by atoms with Gasteiger partial charge in [0, 0.05) is 42.3 Å². The standard InChI is InChI=1S/C22H25NO5/c1-25-17-6-5-15(20(12-17)26-2)9-16(24)11-19-18-13-22(28-4)21(27-3)10-14(18)7-8-23-19/h5-6,10,12-13H,7-9,11H2,1-4H3. The van der Waals surface area contributed by atoms with Gasteiger partial charge < -0.3 is 18.9 Å². The number of ether oxygens (including phenoxy) is 4. The van der Waals surface area contributed by atoms with Crippen molar-refractivity contribution in [1.29, 1.82) is 0 Å². The van der Waals surface area contributed by atoms with Crippen LogP contribution in [0.15, 0.2) is 35.3 Å². The summed E-state index contributed by atoms with van der Waals surface area (Å²) in [5.74, 6) is 2.74. The lowest BCUT2D eigenvalue weighted by molar-refractivity contribution is -0.117. The van der Waals surface area contributed by atoms with Crippen molar-refractivity contribution < 1.29 is 23.7 Å². The van der Waals surface area contributed by atoms with E-state index >= 15 is 0 Å². The minimum Gasteiger partial charge on any atom is -0.497 e. The Morgan fingerprint density at radius 1 is 0.893 bits per heavy atom. The number of rotatable bonds is 8. The van der Waals surface area contributed by atoms with Crippen molar-refractivity contribution in [1.82, 2.24) is 0 Å². The maximum atomic E-state index is 12.8. The van der Waals surface area contributed by atoms with Crippen molar-refractivity contribution in [3.63, 3.8) is 0 Å². The fourth-order valence-electron chi connectivity index (χ4n) is 3.40. The van der Waals surface area contributed by atoms with E-state index in [4.69, 9.17) is 18.9 Å². The number of carbonyl (C=O) groups is 1. The molecule has 0 amide bonds. The minimum atomic E-state index is 0.0739. The minimum absolute atomic E-state index is 0.0739. The van der Waals surface area contributed by atoms with Gasteiger partial charge in [-0.1, -0.05) is 6.07 Å². The zero-order valence-electron chi connectivity index (χ0n) is 16.7. The Bertz CT molecular complexity index is 904. The number of aliphatic imine (C=N–C) groups is 1. The number of hydrogen-bond donors (Lipinski definition) is 0. The van der Waals surface area contributed by atoms with Gasteiger partial charge in [-0.15, -0.1) is 0 Å². The lowest BCUT2D eigenvalue weighted by Gasteiger charge is -2.19. The van der Waals surface area contributed by atoms with Gasteiger partial charge in [-0.05, 0) is 30.2 Å². The number of carbonyl (C=O) groups excluding carboxylic acids is 1. The van der Waals surface area contributed by atoms with Crippen LogP contribution in [-0.4, -0.2) is 46.5 Å². The van der Waals surface area contributed by atoms with E-state index in [9.17, 15) is 4.79 Å². The zero-order chi connectivity index (χ0) is 20.1. The van der Waals surface area contributed by atoms with Crippen molar-refractivity contribution in [3.8, 4) is 23.0 Å². The molecule has 0 radical (unpaired) electrons. The number of fused-ring (bicyclic) bond motifs is 1. The van der Waals surface area contributed by atoms with Gasteiger partial charge in [0.15, 0.2) is 11.5 Å². The normalized spacial score (nSPS) is 12.6. The lowest BCUT2D eigenvalue weighted by Crippen LogP contribution is -2.18. The zero-order valence-corrected chi connectivity index (χ0v) is 16.7. The van der Waals surface area contributed by atoms with Crippen molar-refractivity contribution >= 4 is 11.5 Å². The molecule has 6 heteroatoms. The Kier molecular flexibility index (Phi) is 6.19. The highest BCUT2D eigenvalue weighted by atomic mass is 16.5. The van der Waals surface area contributed by atoms with Crippen LogP contribution in [0.4, 0.5) is 0 Å². The summed E-state index contributed by atoms with van der Waals surface area (Å²) < 4.78 is 21.4. The van der Waals surface area contributed by atoms with E-state index in [1.165, 1.54) is 0 Å². The highest BCUT2D eigenvalue weighted by molar-refractivity contribution is 6.13. The molecule has 28 heavy (non-hydrogen) atoms. The Balaban J connectivity index is 1.80. The van der Waals surface area contributed by atoms with E-state index < -0.39 is 0 Å². The maximum absolute atomic E-state index is 12.8. The molecule has 1 aliphatic heterocycles. The first kappa shape index (κ1) is 19.7. The number of methoxy groups -OCH3 is 4. The van der Waals surface area contributed by atoms with Crippen molar-refractivity contribution in [3.05, 3.63) is 47.0 Å². The summed E-state index contributed by atoms with van der Waals surface area (Å²) in [6, 6.07) is 9.36. The molecule has 0 spiro atoms. The number of benzene rings is 2. The molecule has 0 atom stereocenters. The molecule has 1 heterocycles. The fourth-order valence-corrected chi connectivity index (χ4v) is 3.40. The summed E-state index contributed by atoms with van der Waals surface area (Å²) in [4.78, 5) is 17.4. The summed E-state index contributed by atoms with van der Waals surface area (Å²) in [5, 5.41) is 0. The predicted molar refractivity (Wildman–Crippen MR) is 108 cm³/mol. The molecule has 0 saturated carbocycles. The average Bonchev–Trinajstić information content (AvgIpc) is 2.73. The average molecular weight is 383 g/mol. The van der Waals surface area contributed by atoms with Crippen LogP contribution in [0.2, 0.25) is 0 Å². The van der Waals surface area contributed by atoms with Crippen LogP contribution in [0.3, 0.4) is 0 Å². The molecule has 3 rings (SSSR count). The van der Waals surface area contributed by atoms with Crippen LogP contribution >= 0.6 is 0 Å². The summed E-state index contributed by atoms with van der Waals surface area (Å²) in [7, 11) is 6.41. The second-order valence-electron chi connectivity index (χ2n) is 6.51. The third-order valence-corrected chi connectivity index (χ3v) is 4.85. The molecule has 6 nitrogen and oxygen atoms in total. The number of nitrogens with zero attached hydrogens (tertiary/aromatic N) is 1. The quantitative estimate of drug-likeness (QED) is 0.700. The first-order valence-electron chi connectivity index (χ1n) is 9.10. The first-order chi connectivity index (χ1) is 13.6. The first-order valence-corrected chi connectivity index (χ1v) is 9.10. The molecule has 1 aliphatic rings. The molecule has 2 aromatic carbocycles. The van der Waals surface area contributed by atoms with Gasteiger partial charge in [0.05, 0.1) is 28.4 Å². The molecule has 2 aromatic rings. The molecule has 0 fully saturated rings. The van der Waals surface area contributed by atoms with Crippen LogP contribution in [-0.2, 0) is 17.6 Å². The van der Waals surface area contributed by atoms with Crippen molar-refractivity contribution in [2.24, 2.45) is 4.99 Å². The van der Waals surface area contributed by atoms with E-state index in [1.54, 1.807) is 34.5 Å². The molecule has 0 saturated heterocycles. The van der Waals surface area contributed by atoms with Gasteiger partial charge in [-0.25, -0.2) is 0 Å². The second kappa shape index (κ2) is 8.78. The van der Waals surface area contributed by atoms with Crippen molar-refractivity contribution in [2.75, 3.05) is 35.0 Å². The third kappa shape index (κ3) is 4.11. The number of Topliss-reactive ketones (excluding diaryl/α,β-unsaturated/α-hetero) is 1. The molecule has 0 N–H and O–H groups in total. The van der Waals surface area contributed by atoms with E-state index in [0.717, 1.165) is 28.8 Å². The highest BCUT2D eigenvalue weighted by Crippen LogP contribution is 2.33. The summed E-state index contributed by atoms with van der Waals surface area (Å²) in [5.41, 5.74) is 3.70. The van der Waals surface area contributed by atoms with E-state index in [2.05, 4.69) is 4.99 Å². The van der Waals surface area contributed by atoms with Gasteiger partial charge in [-0.2, -0.15) is 0 Å². The summed E-state index contributed by atoms with van der Waals surface area (Å²) in [6.07, 6.45) is 1.35. The largest absolute Gasteiger partial charge is 0.497 e. The Morgan fingerprint density at radius 3 is 2.29 bits per heavy atom. The van der Waals surface area contributed by atoms with Gasteiger partial charge in [0.25, 0.3) is 0 Å². The predicted octanol–water partition coefficient (Wildman–Crippen LogP) is 3.27. The van der Waals surface area contributed by atoms with Gasteiger partial charge in [0.1, 0.15) is 17.3 Å². The Hall–Kier alpha value is -3.02. The second-order valence-corrected chi connectivity index (χ2v) is 6.51. The van der Waals surface area contributed by atoms with Crippen LogP contribution < -0.4 is 18.9 Å². The topological polar surface area (TPSA) is 66.4 Å². The lowest BCUT2D eigenvalue weighted by atomic mass is 9.92. The number of ketones is 1. The molecule has 0 unspecified atom stereocenters. The maximum Gasteiger partial charge on any atom is 0.161 e. The molecular formula is C22H25NO5. The van der Waals surface area contributed by atoms with E-state index in [1.807, 2.05) is 24.3 Å². The smallest absolute Gasteiger partial charge is 0.161 e. The molecule has 0 bridgehead atoms. The molecule has 148 valence electrons. The van der Waals surface area contributed by atoms with Crippen LogP contribution in [0.1, 0.15) is 23.1 Å². The van der Waals surface area contributed by atoms with Gasteiger partial charge >= 0.3 is 0 Å². The van der Waals surface area contributed by atoms with E-state index in [-0.39, 0.29) is 18.6 Å². The third-order valence-electron chi connectivity index (χ3n) is 4.85. The van der Waals surface area contributed by atoms with Crippen LogP contribution in [0.25, 0.3) is 0 Å². The highest BCUT2D eigenvalue weighted by Gasteiger charge is 2.21. The van der Waals surface area contributed by atoms with Gasteiger partial charge in [0.2, 0.25) is 0 Å². The monoisotopic (exact) mass is 383 g/mol. The van der Waals surface area contributed by atoms with Gasteiger partial charge in [-0.3, -0.25) is 9.79 Å². The van der Waals surface area contributed by atoms with Crippen LogP contribution in [0.5, 0.6) is 23.0 Å². The molecule has 0 aromatic heterocycles. The molecule has 0 aliphatic carbocycles. The number of hydrogen-bond acceptors (Lipinski definition) is 6. The summed E-state index contributed by atoms with van der Waals surface area (Å²) >= 11 is 0. The Labute approximate surface area is 165 Å². The fraction of sp³-hybridized carbons (Fsp3) is 0.364. The van der Waals surface area contributed by atoms with Crippen LogP contribution in [0, 0.1) is 0 Å². The van der Waals surface area contributed by atoms with E-state index in [0.29, 0.717) is 29.5 Å². The molecular weight excluding hydrogens is 358 g/mol. The Morgan fingerprint density at radius 2 is 1.61 bits per heavy atom. The summed E-state index contributed by atoms with van der Waals surface area (Å²) in [6.45, 7) is 0.664. The van der Waals surface area contributed by atoms with Crippen molar-refractivity contribution in [2.45, 2.75) is 19.3 Å². The SMILES string of the molecule is COc1ccc(CC(=O)CC2=NCCc3cc(OC)c(OC)cc32)c(OC)c1.